The molecular formula is C19H28FN3O. The summed E-state index contributed by atoms with van der Waals surface area (Å²) in [7, 11) is 2.25. The molecule has 5 heteroatoms. The van der Waals surface area contributed by atoms with Crippen molar-refractivity contribution in [1.29, 1.82) is 0 Å². The minimum atomic E-state index is -0.201. The fourth-order valence-electron chi connectivity index (χ4n) is 4.51. The molecule has 0 amide bonds. The fraction of sp³-hybridized carbons (Fsp3) is 0.737. The zero-order chi connectivity index (χ0) is 16.6. The van der Waals surface area contributed by atoms with Crippen LogP contribution in [0.3, 0.4) is 0 Å². The zero-order valence-corrected chi connectivity index (χ0v) is 14.6. The lowest BCUT2D eigenvalue weighted by molar-refractivity contribution is -0.0537. The number of pyridine rings is 1. The van der Waals surface area contributed by atoms with Gasteiger partial charge in [0.25, 0.3) is 0 Å². The van der Waals surface area contributed by atoms with Gasteiger partial charge in [0.1, 0.15) is 5.82 Å². The lowest BCUT2D eigenvalue weighted by Gasteiger charge is -2.40. The summed E-state index contributed by atoms with van der Waals surface area (Å²) < 4.78 is 20.2. The number of rotatable bonds is 5. The second-order valence-corrected chi connectivity index (χ2v) is 8.02. The molecule has 0 unspecified atom stereocenters. The normalized spacial score (nSPS) is 31.2. The van der Waals surface area contributed by atoms with E-state index in [0.717, 1.165) is 57.1 Å². The lowest BCUT2D eigenvalue weighted by Crippen LogP contribution is -2.47. The predicted molar refractivity (Wildman–Crippen MR) is 91.1 cm³/mol. The Hall–Kier alpha value is -1.04. The molecule has 2 atom stereocenters. The Morgan fingerprint density at radius 2 is 2.33 bits per heavy atom. The summed E-state index contributed by atoms with van der Waals surface area (Å²) in [5, 5.41) is 0. The van der Waals surface area contributed by atoms with Crippen LogP contribution < -0.4 is 0 Å². The van der Waals surface area contributed by atoms with Gasteiger partial charge in [-0.2, -0.15) is 0 Å². The Balaban J connectivity index is 1.35. The molecule has 1 aromatic rings. The molecule has 1 spiro atoms. The van der Waals surface area contributed by atoms with E-state index < -0.39 is 0 Å². The molecule has 1 aromatic heterocycles. The van der Waals surface area contributed by atoms with Crippen molar-refractivity contribution in [1.82, 2.24) is 14.8 Å². The van der Waals surface area contributed by atoms with Gasteiger partial charge in [-0.25, -0.2) is 4.39 Å². The Bertz CT molecular complexity index is 579. The van der Waals surface area contributed by atoms with E-state index in [9.17, 15) is 4.39 Å². The Labute approximate surface area is 144 Å². The Morgan fingerprint density at radius 1 is 1.46 bits per heavy atom. The third-order valence-electron chi connectivity index (χ3n) is 5.87. The molecule has 2 saturated heterocycles. The van der Waals surface area contributed by atoms with Gasteiger partial charge in [0.2, 0.25) is 0 Å². The summed E-state index contributed by atoms with van der Waals surface area (Å²) in [6.07, 6.45) is 9.14. The van der Waals surface area contributed by atoms with Gasteiger partial charge in [-0.15, -0.1) is 0 Å². The van der Waals surface area contributed by atoms with Gasteiger partial charge < -0.3 is 9.64 Å². The maximum atomic E-state index is 13.9. The van der Waals surface area contributed by atoms with Gasteiger partial charge in [-0.1, -0.05) is 0 Å². The molecule has 1 saturated carbocycles. The van der Waals surface area contributed by atoms with Gasteiger partial charge in [-0.3, -0.25) is 9.88 Å². The number of nitrogens with zero attached hydrogens (tertiary/aromatic N) is 3. The van der Waals surface area contributed by atoms with Crippen molar-refractivity contribution in [3.05, 3.63) is 29.8 Å². The minimum Gasteiger partial charge on any atom is -0.373 e. The molecule has 0 aromatic carbocycles. The van der Waals surface area contributed by atoms with Crippen LogP contribution in [0.2, 0.25) is 0 Å². The smallest absolute Gasteiger partial charge is 0.145 e. The third kappa shape index (κ3) is 3.63. The first-order valence-corrected chi connectivity index (χ1v) is 9.28. The van der Waals surface area contributed by atoms with E-state index in [4.69, 9.17) is 4.74 Å². The SMILES string of the molecule is CN(C[C@@H]1CO[C@@]2(CCCN(Cc3ccncc3F)C2)C1)C1CC1. The first-order valence-electron chi connectivity index (χ1n) is 9.28. The number of hydrogen-bond donors (Lipinski definition) is 0. The van der Waals surface area contributed by atoms with Crippen molar-refractivity contribution in [2.24, 2.45) is 5.92 Å². The van der Waals surface area contributed by atoms with E-state index in [1.54, 1.807) is 12.3 Å². The van der Waals surface area contributed by atoms with Crippen LogP contribution >= 0.6 is 0 Å². The van der Waals surface area contributed by atoms with E-state index in [-0.39, 0.29) is 11.4 Å². The topological polar surface area (TPSA) is 28.6 Å². The quantitative estimate of drug-likeness (QED) is 0.828. The van der Waals surface area contributed by atoms with Crippen molar-refractivity contribution in [3.63, 3.8) is 0 Å². The van der Waals surface area contributed by atoms with E-state index in [1.165, 1.54) is 19.0 Å². The van der Waals surface area contributed by atoms with Gasteiger partial charge in [-0.05, 0) is 57.7 Å². The molecule has 24 heavy (non-hydrogen) atoms. The number of ether oxygens (including phenoxy) is 1. The molecule has 0 radical (unpaired) electrons. The maximum Gasteiger partial charge on any atom is 0.145 e. The van der Waals surface area contributed by atoms with Crippen LogP contribution in [0.4, 0.5) is 4.39 Å². The summed E-state index contributed by atoms with van der Waals surface area (Å²) in [6, 6.07) is 2.61. The first kappa shape index (κ1) is 16.4. The first-order chi connectivity index (χ1) is 11.6. The van der Waals surface area contributed by atoms with Crippen LogP contribution in [0.25, 0.3) is 0 Å². The molecule has 0 bridgehead atoms. The van der Waals surface area contributed by atoms with Crippen molar-refractivity contribution in [3.8, 4) is 0 Å². The highest BCUT2D eigenvalue weighted by atomic mass is 19.1. The van der Waals surface area contributed by atoms with Crippen molar-refractivity contribution in [2.75, 3.05) is 33.3 Å². The second kappa shape index (κ2) is 6.70. The van der Waals surface area contributed by atoms with Crippen LogP contribution in [-0.4, -0.2) is 59.7 Å². The molecule has 4 nitrogen and oxygen atoms in total. The highest BCUT2D eigenvalue weighted by Crippen LogP contribution is 2.39. The molecule has 2 aliphatic heterocycles. The summed E-state index contributed by atoms with van der Waals surface area (Å²) in [4.78, 5) is 8.71. The third-order valence-corrected chi connectivity index (χ3v) is 5.87. The molecule has 4 rings (SSSR count). The van der Waals surface area contributed by atoms with Crippen LogP contribution in [-0.2, 0) is 11.3 Å². The van der Waals surface area contributed by atoms with Crippen LogP contribution in [0.1, 0.15) is 37.7 Å². The standard InChI is InChI=1S/C19H28FN3O/c1-22(17-3-4-17)11-15-9-19(24-13-15)6-2-8-23(14-19)12-16-5-7-21-10-18(16)20/h5,7,10,15,17H,2-4,6,8-9,11-14H2,1H3/t15-,19+/m1/s1. The van der Waals surface area contributed by atoms with Gasteiger partial charge in [0.05, 0.1) is 18.4 Å². The Morgan fingerprint density at radius 3 is 3.12 bits per heavy atom. The minimum absolute atomic E-state index is 0.00316. The van der Waals surface area contributed by atoms with Gasteiger partial charge >= 0.3 is 0 Å². The van der Waals surface area contributed by atoms with Gasteiger partial charge in [0, 0.05) is 37.4 Å². The van der Waals surface area contributed by atoms with Crippen molar-refractivity contribution in [2.45, 2.75) is 50.3 Å². The molecule has 0 N–H and O–H groups in total. The largest absolute Gasteiger partial charge is 0.373 e. The highest BCUT2D eigenvalue weighted by Gasteiger charge is 2.44. The summed E-state index contributed by atoms with van der Waals surface area (Å²) in [5.74, 6) is 0.446. The van der Waals surface area contributed by atoms with Crippen LogP contribution in [0.5, 0.6) is 0 Å². The van der Waals surface area contributed by atoms with Crippen LogP contribution in [0, 0.1) is 11.7 Å². The summed E-state index contributed by atoms with van der Waals surface area (Å²) in [5.41, 5.74) is 0.738. The van der Waals surface area contributed by atoms with E-state index in [2.05, 4.69) is 21.8 Å². The molecule has 1 aliphatic carbocycles. The highest BCUT2D eigenvalue weighted by molar-refractivity contribution is 5.13. The molecular weight excluding hydrogens is 305 g/mol. The van der Waals surface area contributed by atoms with Crippen molar-refractivity contribution < 1.29 is 9.13 Å². The summed E-state index contributed by atoms with van der Waals surface area (Å²) >= 11 is 0. The molecule has 132 valence electrons. The molecule has 3 aliphatic rings. The average molecular weight is 333 g/mol. The van der Waals surface area contributed by atoms with E-state index >= 15 is 0 Å². The number of aromatic nitrogens is 1. The molecule has 3 heterocycles. The average Bonchev–Trinajstić information content (AvgIpc) is 3.35. The molecule has 3 fully saturated rings. The van der Waals surface area contributed by atoms with Crippen molar-refractivity contribution >= 4 is 0 Å². The monoisotopic (exact) mass is 333 g/mol. The zero-order valence-electron chi connectivity index (χ0n) is 14.6. The number of halogens is 1. The lowest BCUT2D eigenvalue weighted by atomic mass is 9.86. The second-order valence-electron chi connectivity index (χ2n) is 8.02. The number of piperidine rings is 1. The van der Waals surface area contributed by atoms with E-state index in [1.807, 2.05) is 0 Å². The van der Waals surface area contributed by atoms with E-state index in [0.29, 0.717) is 12.5 Å². The van der Waals surface area contributed by atoms with Crippen LogP contribution in [0.15, 0.2) is 18.5 Å². The Kier molecular flexibility index (Phi) is 4.58. The fourth-order valence-corrected chi connectivity index (χ4v) is 4.51. The maximum absolute atomic E-state index is 13.9. The number of hydrogen-bond acceptors (Lipinski definition) is 4. The van der Waals surface area contributed by atoms with Gasteiger partial charge in [0.15, 0.2) is 0 Å². The summed E-state index contributed by atoms with van der Waals surface area (Å²) in [6.45, 7) is 4.66. The number of likely N-dealkylation sites (tertiary alicyclic amines) is 1. The predicted octanol–water partition coefficient (Wildman–Crippen LogP) is 2.69.